The molecule has 0 aliphatic heterocycles. The molecule has 17 heavy (non-hydrogen) atoms. The van der Waals surface area contributed by atoms with Gasteiger partial charge in [-0.05, 0) is 24.0 Å². The summed E-state index contributed by atoms with van der Waals surface area (Å²) < 4.78 is 0. The number of anilines is 2. The van der Waals surface area contributed by atoms with E-state index in [-0.39, 0.29) is 5.56 Å². The Balaban J connectivity index is 2.73. The summed E-state index contributed by atoms with van der Waals surface area (Å²) in [6.07, 6.45) is 3.49. The fourth-order valence-corrected chi connectivity index (χ4v) is 2.09. The van der Waals surface area contributed by atoms with Crippen molar-refractivity contribution in [2.24, 2.45) is 5.92 Å². The number of nitrogen functional groups attached to an aromatic ring is 1. The highest BCUT2D eigenvalue weighted by molar-refractivity contribution is 7.98. The average Bonchev–Trinajstić information content (AvgIpc) is 2.27. The Labute approximate surface area is 105 Å². The first kappa shape index (κ1) is 13.6. The number of carbonyl (C=O) groups is 1. The van der Waals surface area contributed by atoms with Gasteiger partial charge in [0.05, 0.1) is 11.9 Å². The van der Waals surface area contributed by atoms with Crippen LogP contribution in [0.4, 0.5) is 11.5 Å². The van der Waals surface area contributed by atoms with E-state index < -0.39 is 5.97 Å². The highest BCUT2D eigenvalue weighted by Crippen LogP contribution is 2.16. The molecular formula is C11H17N3O2S. The fourth-order valence-electron chi connectivity index (χ4n) is 1.40. The summed E-state index contributed by atoms with van der Waals surface area (Å²) in [5.74, 6) is 0.820. The van der Waals surface area contributed by atoms with Gasteiger partial charge >= 0.3 is 5.97 Å². The van der Waals surface area contributed by atoms with Crippen LogP contribution in [0.5, 0.6) is 0 Å². The van der Waals surface area contributed by atoms with Crippen LogP contribution < -0.4 is 11.1 Å². The van der Waals surface area contributed by atoms with Crippen molar-refractivity contribution in [1.29, 1.82) is 0 Å². The van der Waals surface area contributed by atoms with Gasteiger partial charge in [-0.2, -0.15) is 11.8 Å². The van der Waals surface area contributed by atoms with Crippen LogP contribution in [0.2, 0.25) is 0 Å². The van der Waals surface area contributed by atoms with Crippen molar-refractivity contribution in [3.8, 4) is 0 Å². The smallest absolute Gasteiger partial charge is 0.339 e. The monoisotopic (exact) mass is 255 g/mol. The lowest BCUT2D eigenvalue weighted by Gasteiger charge is -2.13. The zero-order valence-corrected chi connectivity index (χ0v) is 10.8. The molecule has 1 atom stereocenters. The van der Waals surface area contributed by atoms with E-state index in [0.29, 0.717) is 24.0 Å². The summed E-state index contributed by atoms with van der Waals surface area (Å²) in [5, 5.41) is 12.1. The number of hydrogen-bond donors (Lipinski definition) is 3. The van der Waals surface area contributed by atoms with Crippen LogP contribution in [0.1, 0.15) is 17.3 Å². The minimum absolute atomic E-state index is 0.112. The number of nitrogens with one attached hydrogen (secondary N) is 1. The van der Waals surface area contributed by atoms with Crippen LogP contribution in [0.25, 0.3) is 0 Å². The number of thioether (sulfide) groups is 1. The number of nitrogens with zero attached hydrogens (tertiary/aromatic N) is 1. The molecule has 1 aromatic heterocycles. The molecule has 1 heterocycles. The number of pyridine rings is 1. The van der Waals surface area contributed by atoms with Crippen LogP contribution in [0.15, 0.2) is 12.3 Å². The number of aromatic carboxylic acids is 1. The van der Waals surface area contributed by atoms with Crippen molar-refractivity contribution < 1.29 is 9.90 Å². The van der Waals surface area contributed by atoms with Gasteiger partial charge in [-0.15, -0.1) is 0 Å². The van der Waals surface area contributed by atoms with Crippen molar-refractivity contribution in [2.75, 3.05) is 29.6 Å². The molecule has 94 valence electrons. The normalized spacial score (nSPS) is 12.1. The quantitative estimate of drug-likeness (QED) is 0.718. The first-order valence-corrected chi connectivity index (χ1v) is 6.65. The Hall–Kier alpha value is -1.43. The van der Waals surface area contributed by atoms with Crippen molar-refractivity contribution in [3.63, 3.8) is 0 Å². The Morgan fingerprint density at radius 1 is 1.71 bits per heavy atom. The summed E-state index contributed by atoms with van der Waals surface area (Å²) in [4.78, 5) is 15.0. The molecule has 1 unspecified atom stereocenters. The molecule has 1 rings (SSSR count). The predicted octanol–water partition coefficient (Wildman–Crippen LogP) is 1.77. The third-order valence-corrected chi connectivity index (χ3v) is 3.11. The molecule has 0 fully saturated rings. The number of nitrogens with two attached hydrogens (primary N) is 1. The molecule has 0 spiro atoms. The van der Waals surface area contributed by atoms with Crippen molar-refractivity contribution in [1.82, 2.24) is 4.98 Å². The number of hydrogen-bond acceptors (Lipinski definition) is 5. The Bertz CT molecular complexity index is 398. The molecule has 6 heteroatoms. The van der Waals surface area contributed by atoms with Crippen LogP contribution in [0, 0.1) is 5.92 Å². The highest BCUT2D eigenvalue weighted by atomic mass is 32.2. The first-order valence-electron chi connectivity index (χ1n) is 5.26. The second-order valence-corrected chi connectivity index (χ2v) is 4.82. The van der Waals surface area contributed by atoms with Gasteiger partial charge < -0.3 is 16.2 Å². The molecule has 0 aromatic carbocycles. The van der Waals surface area contributed by atoms with E-state index in [1.165, 1.54) is 12.3 Å². The lowest BCUT2D eigenvalue weighted by atomic mass is 10.2. The Morgan fingerprint density at radius 2 is 2.41 bits per heavy atom. The topological polar surface area (TPSA) is 88.2 Å². The van der Waals surface area contributed by atoms with Crippen LogP contribution >= 0.6 is 11.8 Å². The van der Waals surface area contributed by atoms with Gasteiger partial charge in [0.2, 0.25) is 0 Å². The van der Waals surface area contributed by atoms with Gasteiger partial charge in [-0.1, -0.05) is 6.92 Å². The molecule has 5 nitrogen and oxygen atoms in total. The molecule has 0 saturated carbocycles. The molecule has 1 aromatic rings. The summed E-state index contributed by atoms with van der Waals surface area (Å²) >= 11 is 1.76. The van der Waals surface area contributed by atoms with E-state index in [1.807, 2.05) is 6.26 Å². The van der Waals surface area contributed by atoms with E-state index in [4.69, 9.17) is 10.8 Å². The standard InChI is InChI=1S/C11H17N3O2S/c1-7(6-17-2)4-13-10-9(11(15)16)3-8(12)5-14-10/h3,5,7H,4,6,12H2,1-2H3,(H,13,14)(H,15,16). The third kappa shape index (κ3) is 4.14. The lowest BCUT2D eigenvalue weighted by molar-refractivity contribution is 0.0697. The number of carboxylic acids is 1. The zero-order chi connectivity index (χ0) is 12.8. The summed E-state index contributed by atoms with van der Waals surface area (Å²) in [6.45, 7) is 2.79. The maximum atomic E-state index is 11.0. The van der Waals surface area contributed by atoms with E-state index >= 15 is 0 Å². The van der Waals surface area contributed by atoms with Gasteiger partial charge in [-0.3, -0.25) is 0 Å². The molecule has 0 bridgehead atoms. The maximum Gasteiger partial charge on any atom is 0.339 e. The van der Waals surface area contributed by atoms with Crippen molar-refractivity contribution in [3.05, 3.63) is 17.8 Å². The second-order valence-electron chi connectivity index (χ2n) is 3.91. The van der Waals surface area contributed by atoms with E-state index in [2.05, 4.69) is 17.2 Å². The minimum atomic E-state index is -1.02. The minimum Gasteiger partial charge on any atom is -0.478 e. The maximum absolute atomic E-state index is 11.0. The Morgan fingerprint density at radius 3 is 3.00 bits per heavy atom. The van der Waals surface area contributed by atoms with Gasteiger partial charge in [-0.25, -0.2) is 9.78 Å². The largest absolute Gasteiger partial charge is 0.478 e. The van der Waals surface area contributed by atoms with Crippen molar-refractivity contribution >= 4 is 29.2 Å². The van der Waals surface area contributed by atoms with E-state index in [9.17, 15) is 4.79 Å². The highest BCUT2D eigenvalue weighted by Gasteiger charge is 2.12. The molecular weight excluding hydrogens is 238 g/mol. The summed E-state index contributed by atoms with van der Waals surface area (Å²) in [6, 6.07) is 1.41. The first-order chi connectivity index (χ1) is 8.04. The van der Waals surface area contributed by atoms with Crippen molar-refractivity contribution in [2.45, 2.75) is 6.92 Å². The predicted molar refractivity (Wildman–Crippen MR) is 71.6 cm³/mol. The van der Waals surface area contributed by atoms with Gasteiger partial charge in [0.15, 0.2) is 0 Å². The van der Waals surface area contributed by atoms with E-state index in [0.717, 1.165) is 5.75 Å². The third-order valence-electron chi connectivity index (χ3n) is 2.21. The molecule has 0 radical (unpaired) electrons. The van der Waals surface area contributed by atoms with Crippen LogP contribution in [0.3, 0.4) is 0 Å². The second kappa shape index (κ2) is 6.34. The summed E-state index contributed by atoms with van der Waals surface area (Å²) in [7, 11) is 0. The van der Waals surface area contributed by atoms with Crippen LogP contribution in [-0.2, 0) is 0 Å². The Kier molecular flexibility index (Phi) is 5.09. The lowest BCUT2D eigenvalue weighted by Crippen LogP contribution is -2.16. The average molecular weight is 255 g/mol. The van der Waals surface area contributed by atoms with Gasteiger partial charge in [0.1, 0.15) is 11.4 Å². The zero-order valence-electron chi connectivity index (χ0n) is 9.93. The van der Waals surface area contributed by atoms with Gasteiger partial charge in [0.25, 0.3) is 0 Å². The number of aromatic nitrogens is 1. The molecule has 0 aliphatic carbocycles. The number of rotatable bonds is 6. The summed E-state index contributed by atoms with van der Waals surface area (Å²) in [5.41, 5.74) is 5.98. The van der Waals surface area contributed by atoms with Gasteiger partial charge in [0, 0.05) is 6.54 Å². The molecule has 0 saturated heterocycles. The fraction of sp³-hybridized carbons (Fsp3) is 0.455. The molecule has 0 amide bonds. The van der Waals surface area contributed by atoms with E-state index in [1.54, 1.807) is 11.8 Å². The molecule has 4 N–H and O–H groups in total. The number of carboxylic acid groups (broad SMARTS) is 1. The van der Waals surface area contributed by atoms with Crippen LogP contribution in [-0.4, -0.2) is 34.6 Å². The SMILES string of the molecule is CSCC(C)CNc1ncc(N)cc1C(=O)O. The molecule has 0 aliphatic rings.